The molecule has 0 saturated heterocycles. The highest BCUT2D eigenvalue weighted by Crippen LogP contribution is 2.32. The lowest BCUT2D eigenvalue weighted by molar-refractivity contribution is -0.134. The first-order valence-electron chi connectivity index (χ1n) is 13.7. The molecule has 3 amide bonds. The van der Waals surface area contributed by atoms with Crippen LogP contribution in [0.15, 0.2) is 29.3 Å². The Hall–Kier alpha value is -3.67. The molecule has 0 aromatic heterocycles. The number of nitrogens with zero attached hydrogens (tertiary/aromatic N) is 1. The highest BCUT2D eigenvalue weighted by molar-refractivity contribution is 5.95. The topological polar surface area (TPSA) is 242 Å². The summed E-state index contributed by atoms with van der Waals surface area (Å²) >= 11 is 0. The van der Waals surface area contributed by atoms with Crippen LogP contribution in [0.2, 0.25) is 0 Å². The van der Waals surface area contributed by atoms with Crippen LogP contribution >= 0.6 is 0 Å². The van der Waals surface area contributed by atoms with E-state index in [2.05, 4.69) is 15.6 Å². The van der Waals surface area contributed by atoms with Crippen molar-refractivity contribution in [3.63, 3.8) is 0 Å². The number of amidine groups is 1. The predicted octanol–water partition coefficient (Wildman–Crippen LogP) is -0.0429. The summed E-state index contributed by atoms with van der Waals surface area (Å²) in [7, 11) is 0. The lowest BCUT2D eigenvalue weighted by atomic mass is 9.76. The molecule has 12 nitrogen and oxygen atoms in total. The van der Waals surface area contributed by atoms with Crippen molar-refractivity contribution in [3.8, 4) is 0 Å². The summed E-state index contributed by atoms with van der Waals surface area (Å²) in [5, 5.41) is 13.3. The predicted molar refractivity (Wildman–Crippen MR) is 152 cm³/mol. The number of nitrogen functional groups attached to an aromatic ring is 1. The molecule has 0 aliphatic heterocycles. The van der Waals surface area contributed by atoms with Gasteiger partial charge in [0.05, 0.1) is 0 Å². The summed E-state index contributed by atoms with van der Waals surface area (Å²) < 4.78 is 0. The summed E-state index contributed by atoms with van der Waals surface area (Å²) in [6, 6.07) is 5.56. The monoisotopic (exact) mass is 543 g/mol. The Morgan fingerprint density at radius 3 is 2.08 bits per heavy atom. The molecule has 2 rings (SSSR count). The zero-order chi connectivity index (χ0) is 28.8. The number of nitrogens with two attached hydrogens (primary N) is 5. The molecule has 3 atom stereocenters. The third-order valence-corrected chi connectivity index (χ3v) is 7.21. The molecule has 39 heavy (non-hydrogen) atoms. The van der Waals surface area contributed by atoms with Crippen LogP contribution in [0.3, 0.4) is 0 Å². The number of rotatable bonds is 16. The molecule has 1 saturated carbocycles. The van der Waals surface area contributed by atoms with E-state index in [1.807, 2.05) is 12.1 Å². The third kappa shape index (κ3) is 10.9. The molecule has 0 radical (unpaired) electrons. The Labute approximate surface area is 230 Å². The lowest BCUT2D eigenvalue weighted by Gasteiger charge is -2.31. The van der Waals surface area contributed by atoms with Crippen LogP contribution in [0, 0.1) is 17.2 Å². The molecule has 216 valence electrons. The SMILES string of the molecule is N=C(N)c1ccc(C[C@@H](C(=O)N[C@@H](CCCN)C(=O)N[C@@H](CCCN=C(N)N)C(N)=O)C2CCCCC2)cc1. The standard InChI is InChI=1S/C27H45N9O3/c28-14-4-8-22(26(39)35-21(24(31)37)9-5-15-34-27(32)33)36-25(38)20(18-6-2-1-3-7-18)16-17-10-12-19(13-11-17)23(29)30/h10-13,18,20-22H,1-9,14-16,28H2,(H3,29,30)(H2,31,37)(H,35,39)(H,36,38)(H4,32,33,34)/t20-,21+,22+/m1/s1. The van der Waals surface area contributed by atoms with Gasteiger partial charge < -0.3 is 39.3 Å². The summed E-state index contributed by atoms with van der Waals surface area (Å²) in [6.45, 7) is 0.651. The molecular formula is C27H45N9O3. The van der Waals surface area contributed by atoms with Gasteiger partial charge in [0.1, 0.15) is 17.9 Å². The van der Waals surface area contributed by atoms with Gasteiger partial charge in [0, 0.05) is 18.0 Å². The number of guanidine groups is 1. The summed E-state index contributed by atoms with van der Waals surface area (Å²) in [5.74, 6) is -1.55. The van der Waals surface area contributed by atoms with Crippen molar-refractivity contribution in [1.82, 2.24) is 10.6 Å². The van der Waals surface area contributed by atoms with E-state index in [-0.39, 0.29) is 36.0 Å². The maximum atomic E-state index is 13.7. The van der Waals surface area contributed by atoms with E-state index in [0.29, 0.717) is 44.3 Å². The Kier molecular flexibility index (Phi) is 13.2. The van der Waals surface area contributed by atoms with Gasteiger partial charge in [-0.3, -0.25) is 24.8 Å². The van der Waals surface area contributed by atoms with Crippen molar-refractivity contribution in [2.45, 2.75) is 76.3 Å². The average Bonchev–Trinajstić information content (AvgIpc) is 2.91. The van der Waals surface area contributed by atoms with Gasteiger partial charge in [-0.25, -0.2) is 0 Å². The Balaban J connectivity index is 2.16. The highest BCUT2D eigenvalue weighted by atomic mass is 16.2. The van der Waals surface area contributed by atoms with Crippen LogP contribution in [0.25, 0.3) is 0 Å². The van der Waals surface area contributed by atoms with E-state index in [0.717, 1.165) is 37.7 Å². The van der Waals surface area contributed by atoms with Crippen LogP contribution in [0.4, 0.5) is 0 Å². The number of amides is 3. The number of hydrogen-bond donors (Lipinski definition) is 8. The van der Waals surface area contributed by atoms with Gasteiger partial charge in [0.25, 0.3) is 0 Å². The fourth-order valence-corrected chi connectivity index (χ4v) is 5.02. The second-order valence-electron chi connectivity index (χ2n) is 10.2. The number of hydrogen-bond acceptors (Lipinski definition) is 6. The molecule has 0 spiro atoms. The van der Waals surface area contributed by atoms with Gasteiger partial charge in [0.15, 0.2) is 5.96 Å². The first kappa shape index (κ1) is 31.5. The van der Waals surface area contributed by atoms with Gasteiger partial charge in [-0.05, 0) is 63.0 Å². The largest absolute Gasteiger partial charge is 0.384 e. The van der Waals surface area contributed by atoms with Crippen LogP contribution < -0.4 is 39.3 Å². The van der Waals surface area contributed by atoms with Gasteiger partial charge in [-0.15, -0.1) is 0 Å². The van der Waals surface area contributed by atoms with Crippen LogP contribution in [0.5, 0.6) is 0 Å². The van der Waals surface area contributed by atoms with E-state index in [9.17, 15) is 14.4 Å². The minimum atomic E-state index is -0.919. The smallest absolute Gasteiger partial charge is 0.243 e. The van der Waals surface area contributed by atoms with Crippen molar-refractivity contribution in [2.24, 2.45) is 45.5 Å². The van der Waals surface area contributed by atoms with Crippen LogP contribution in [-0.4, -0.2) is 54.7 Å². The first-order valence-corrected chi connectivity index (χ1v) is 13.7. The number of carbonyl (C=O) groups excluding carboxylic acids is 3. The molecule has 0 unspecified atom stereocenters. The molecule has 1 aliphatic rings. The maximum Gasteiger partial charge on any atom is 0.243 e. The van der Waals surface area contributed by atoms with Gasteiger partial charge in [-0.2, -0.15) is 0 Å². The zero-order valence-electron chi connectivity index (χ0n) is 22.7. The Morgan fingerprint density at radius 1 is 0.897 bits per heavy atom. The van der Waals surface area contributed by atoms with E-state index >= 15 is 0 Å². The second-order valence-corrected chi connectivity index (χ2v) is 10.2. The van der Waals surface area contributed by atoms with Crippen molar-refractivity contribution < 1.29 is 14.4 Å². The third-order valence-electron chi connectivity index (χ3n) is 7.21. The van der Waals surface area contributed by atoms with Crippen molar-refractivity contribution >= 4 is 29.5 Å². The maximum absolute atomic E-state index is 13.7. The number of carbonyl (C=O) groups is 3. The van der Waals surface area contributed by atoms with Crippen molar-refractivity contribution in [3.05, 3.63) is 35.4 Å². The summed E-state index contributed by atoms with van der Waals surface area (Å²) in [6.07, 6.45) is 7.23. The van der Waals surface area contributed by atoms with E-state index in [1.165, 1.54) is 0 Å². The fourth-order valence-electron chi connectivity index (χ4n) is 5.02. The Morgan fingerprint density at radius 2 is 1.51 bits per heavy atom. The highest BCUT2D eigenvalue weighted by Gasteiger charge is 2.33. The van der Waals surface area contributed by atoms with Crippen LogP contribution in [0.1, 0.15) is 68.9 Å². The van der Waals surface area contributed by atoms with E-state index < -0.39 is 23.9 Å². The molecule has 1 aliphatic carbocycles. The minimum Gasteiger partial charge on any atom is -0.384 e. The number of benzene rings is 1. The van der Waals surface area contributed by atoms with Gasteiger partial charge in [-0.1, -0.05) is 43.5 Å². The number of nitrogens with one attached hydrogen (secondary N) is 3. The fraction of sp³-hybridized carbons (Fsp3) is 0.593. The molecule has 0 bridgehead atoms. The van der Waals surface area contributed by atoms with Crippen molar-refractivity contribution in [1.29, 1.82) is 5.41 Å². The normalized spacial score (nSPS) is 15.9. The zero-order valence-corrected chi connectivity index (χ0v) is 22.7. The van der Waals surface area contributed by atoms with Crippen LogP contribution in [-0.2, 0) is 20.8 Å². The quantitative estimate of drug-likeness (QED) is 0.0802. The summed E-state index contributed by atoms with van der Waals surface area (Å²) in [5.41, 5.74) is 29.0. The Bertz CT molecular complexity index is 987. The molecular weight excluding hydrogens is 498 g/mol. The van der Waals surface area contributed by atoms with Crippen molar-refractivity contribution in [2.75, 3.05) is 13.1 Å². The molecule has 13 N–H and O–H groups in total. The van der Waals surface area contributed by atoms with E-state index in [4.69, 9.17) is 34.1 Å². The molecule has 1 fully saturated rings. The molecule has 12 heteroatoms. The summed E-state index contributed by atoms with van der Waals surface area (Å²) in [4.78, 5) is 42.8. The second kappa shape index (κ2) is 16.3. The lowest BCUT2D eigenvalue weighted by Crippen LogP contribution is -2.54. The first-order chi connectivity index (χ1) is 18.6. The van der Waals surface area contributed by atoms with E-state index in [1.54, 1.807) is 12.1 Å². The van der Waals surface area contributed by atoms with Gasteiger partial charge >= 0.3 is 0 Å². The molecule has 1 aromatic carbocycles. The molecule has 0 heterocycles. The van der Waals surface area contributed by atoms with Gasteiger partial charge in [0.2, 0.25) is 17.7 Å². The molecule has 1 aromatic rings. The minimum absolute atomic E-state index is 0.0117. The number of primary amides is 1. The number of aliphatic imine (C=N–C) groups is 1. The average molecular weight is 544 g/mol.